The van der Waals surface area contributed by atoms with Crippen molar-refractivity contribution >= 4 is 5.91 Å². The molecule has 0 aliphatic heterocycles. The third kappa shape index (κ3) is 3.69. The molecule has 0 rings (SSSR count). The summed E-state index contributed by atoms with van der Waals surface area (Å²) in [4.78, 5) is 12.7. The molecule has 0 aliphatic carbocycles. The molecule has 1 atom stereocenters. The highest BCUT2D eigenvalue weighted by molar-refractivity contribution is 5.75. The molecule has 1 amide bonds. The quantitative estimate of drug-likeness (QED) is 0.597. The Labute approximate surface area is 72.8 Å². The van der Waals surface area contributed by atoms with Crippen molar-refractivity contribution < 1.29 is 15.0 Å². The van der Waals surface area contributed by atoms with Gasteiger partial charge in [-0.25, -0.2) is 0 Å². The maximum absolute atomic E-state index is 11.1. The highest BCUT2D eigenvalue weighted by atomic mass is 16.3. The number of aliphatic hydroxyl groups excluding tert-OH is 2. The van der Waals surface area contributed by atoms with Crippen LogP contribution >= 0.6 is 0 Å². The molecule has 0 radical (unpaired) electrons. The monoisotopic (exact) mass is 175 g/mol. The van der Waals surface area contributed by atoms with Crippen LogP contribution in [0.3, 0.4) is 0 Å². The van der Waals surface area contributed by atoms with Crippen LogP contribution in [-0.2, 0) is 4.79 Å². The van der Waals surface area contributed by atoms with Gasteiger partial charge in [-0.15, -0.1) is 0 Å². The zero-order chi connectivity index (χ0) is 9.56. The molecular weight excluding hydrogens is 158 g/mol. The van der Waals surface area contributed by atoms with E-state index in [9.17, 15) is 4.79 Å². The Kier molecular flexibility index (Phi) is 5.66. The Morgan fingerprint density at radius 1 is 1.50 bits per heavy atom. The summed E-state index contributed by atoms with van der Waals surface area (Å²) in [6.45, 7) is 4.12. The van der Waals surface area contributed by atoms with E-state index in [1.54, 1.807) is 6.92 Å². The lowest BCUT2D eigenvalue weighted by Gasteiger charge is -2.22. The Bertz CT molecular complexity index is 138. The van der Waals surface area contributed by atoms with Crippen LogP contribution in [0.15, 0.2) is 0 Å². The van der Waals surface area contributed by atoms with Crippen molar-refractivity contribution in [1.29, 1.82) is 0 Å². The lowest BCUT2D eigenvalue weighted by Crippen LogP contribution is -2.38. The molecule has 0 aromatic heterocycles. The van der Waals surface area contributed by atoms with Gasteiger partial charge in [0, 0.05) is 19.5 Å². The van der Waals surface area contributed by atoms with Gasteiger partial charge in [0.1, 0.15) is 0 Å². The molecule has 1 unspecified atom stereocenters. The first kappa shape index (κ1) is 11.4. The smallest absolute Gasteiger partial charge is 0.222 e. The summed E-state index contributed by atoms with van der Waals surface area (Å²) < 4.78 is 0. The van der Waals surface area contributed by atoms with Gasteiger partial charge in [-0.3, -0.25) is 4.79 Å². The molecule has 0 spiro atoms. The van der Waals surface area contributed by atoms with Gasteiger partial charge in [-0.2, -0.15) is 0 Å². The number of rotatable bonds is 5. The third-order valence-corrected chi connectivity index (χ3v) is 1.68. The van der Waals surface area contributed by atoms with Crippen molar-refractivity contribution in [2.75, 3.05) is 19.7 Å². The number of carbonyl (C=O) groups is 1. The third-order valence-electron chi connectivity index (χ3n) is 1.68. The largest absolute Gasteiger partial charge is 0.394 e. The topological polar surface area (TPSA) is 60.8 Å². The summed E-state index contributed by atoms with van der Waals surface area (Å²) >= 11 is 0. The van der Waals surface area contributed by atoms with E-state index in [1.807, 2.05) is 6.92 Å². The highest BCUT2D eigenvalue weighted by Gasteiger charge is 2.12. The second kappa shape index (κ2) is 5.97. The van der Waals surface area contributed by atoms with E-state index in [0.29, 0.717) is 13.0 Å². The number of likely N-dealkylation sites (N-methyl/N-ethyl adjacent to an activating group) is 1. The number of hydrogen-bond acceptors (Lipinski definition) is 3. The molecule has 0 bridgehead atoms. The summed E-state index contributed by atoms with van der Waals surface area (Å²) in [7, 11) is 0. The number of nitrogens with zero attached hydrogens (tertiary/aromatic N) is 1. The zero-order valence-electron chi connectivity index (χ0n) is 7.66. The molecule has 0 aliphatic rings. The fraction of sp³-hybridized carbons (Fsp3) is 0.875. The van der Waals surface area contributed by atoms with Crippen molar-refractivity contribution in [3.63, 3.8) is 0 Å². The minimum Gasteiger partial charge on any atom is -0.394 e. The Balaban J connectivity index is 3.90. The summed E-state index contributed by atoms with van der Waals surface area (Å²) in [6, 6.07) is 0. The summed E-state index contributed by atoms with van der Waals surface area (Å²) in [5.41, 5.74) is 0. The standard InChI is InChI=1S/C8H17NO3/c1-3-8(12)9(4-2)5-7(11)6-10/h7,10-11H,3-6H2,1-2H3. The first-order chi connectivity index (χ1) is 5.65. The molecule has 0 saturated heterocycles. The van der Waals surface area contributed by atoms with Gasteiger partial charge in [0.05, 0.1) is 12.7 Å². The maximum Gasteiger partial charge on any atom is 0.222 e. The van der Waals surface area contributed by atoms with Crippen molar-refractivity contribution in [3.05, 3.63) is 0 Å². The molecule has 12 heavy (non-hydrogen) atoms. The van der Waals surface area contributed by atoms with E-state index in [1.165, 1.54) is 4.90 Å². The Morgan fingerprint density at radius 3 is 2.42 bits per heavy atom. The van der Waals surface area contributed by atoms with Gasteiger partial charge in [0.15, 0.2) is 0 Å². The minimum absolute atomic E-state index is 0.00463. The predicted molar refractivity (Wildman–Crippen MR) is 45.6 cm³/mol. The average molecular weight is 175 g/mol. The molecule has 4 heteroatoms. The number of amides is 1. The van der Waals surface area contributed by atoms with Gasteiger partial charge in [0.2, 0.25) is 5.91 Å². The molecule has 0 fully saturated rings. The normalized spacial score (nSPS) is 12.7. The van der Waals surface area contributed by atoms with E-state index >= 15 is 0 Å². The Morgan fingerprint density at radius 2 is 2.08 bits per heavy atom. The molecule has 4 nitrogen and oxygen atoms in total. The van der Waals surface area contributed by atoms with Crippen LogP contribution in [0.2, 0.25) is 0 Å². The molecule has 2 N–H and O–H groups in total. The maximum atomic E-state index is 11.1. The molecule has 0 saturated carbocycles. The van der Waals surface area contributed by atoms with Crippen molar-refractivity contribution in [2.45, 2.75) is 26.4 Å². The van der Waals surface area contributed by atoms with Crippen LogP contribution in [0, 0.1) is 0 Å². The van der Waals surface area contributed by atoms with Crippen LogP contribution in [0.25, 0.3) is 0 Å². The van der Waals surface area contributed by atoms with Crippen LogP contribution in [0.1, 0.15) is 20.3 Å². The van der Waals surface area contributed by atoms with Crippen molar-refractivity contribution in [3.8, 4) is 0 Å². The molecular formula is C8H17NO3. The second-order valence-corrected chi connectivity index (χ2v) is 2.62. The first-order valence-electron chi connectivity index (χ1n) is 4.22. The lowest BCUT2D eigenvalue weighted by molar-refractivity contribution is -0.132. The fourth-order valence-electron chi connectivity index (χ4n) is 0.943. The van der Waals surface area contributed by atoms with E-state index in [4.69, 9.17) is 10.2 Å². The van der Waals surface area contributed by atoms with Crippen molar-refractivity contribution in [1.82, 2.24) is 4.90 Å². The van der Waals surface area contributed by atoms with Crippen LogP contribution in [0.4, 0.5) is 0 Å². The molecule has 72 valence electrons. The van der Waals surface area contributed by atoms with E-state index in [0.717, 1.165) is 0 Å². The highest BCUT2D eigenvalue weighted by Crippen LogP contribution is 1.95. The number of carbonyl (C=O) groups excluding carboxylic acids is 1. The van der Waals surface area contributed by atoms with E-state index in [-0.39, 0.29) is 19.1 Å². The lowest BCUT2D eigenvalue weighted by atomic mass is 10.3. The van der Waals surface area contributed by atoms with Gasteiger partial charge >= 0.3 is 0 Å². The van der Waals surface area contributed by atoms with Gasteiger partial charge in [0.25, 0.3) is 0 Å². The summed E-state index contributed by atoms with van der Waals surface area (Å²) in [5, 5.41) is 17.6. The van der Waals surface area contributed by atoms with E-state index < -0.39 is 6.10 Å². The van der Waals surface area contributed by atoms with Crippen LogP contribution in [0.5, 0.6) is 0 Å². The summed E-state index contributed by atoms with van der Waals surface area (Å²) in [6.07, 6.45) is -0.383. The SMILES string of the molecule is CCC(=O)N(CC)CC(O)CO. The minimum atomic E-state index is -0.819. The fourth-order valence-corrected chi connectivity index (χ4v) is 0.943. The van der Waals surface area contributed by atoms with E-state index in [2.05, 4.69) is 0 Å². The van der Waals surface area contributed by atoms with Gasteiger partial charge in [-0.1, -0.05) is 6.92 Å². The van der Waals surface area contributed by atoms with Crippen LogP contribution in [-0.4, -0.2) is 46.8 Å². The zero-order valence-corrected chi connectivity index (χ0v) is 7.66. The van der Waals surface area contributed by atoms with Gasteiger partial charge < -0.3 is 15.1 Å². The molecule has 0 heterocycles. The number of hydrogen-bond donors (Lipinski definition) is 2. The second-order valence-electron chi connectivity index (χ2n) is 2.62. The number of aliphatic hydroxyl groups is 2. The summed E-state index contributed by atoms with van der Waals surface area (Å²) in [5.74, 6) is 0.00463. The van der Waals surface area contributed by atoms with Gasteiger partial charge in [-0.05, 0) is 6.92 Å². The average Bonchev–Trinajstić information content (AvgIpc) is 2.12. The first-order valence-corrected chi connectivity index (χ1v) is 4.22. The Hall–Kier alpha value is -0.610. The van der Waals surface area contributed by atoms with Crippen molar-refractivity contribution in [2.24, 2.45) is 0 Å². The predicted octanol–water partition coefficient (Wildman–Crippen LogP) is -0.402. The van der Waals surface area contributed by atoms with Crippen LogP contribution < -0.4 is 0 Å². The molecule has 0 aromatic carbocycles. The molecule has 0 aromatic rings.